The average molecular weight is 276 g/mol. The first-order valence-corrected chi connectivity index (χ1v) is 6.43. The highest BCUT2D eigenvalue weighted by Gasteiger charge is 2.05. The molecule has 1 aromatic heterocycles. The van der Waals surface area contributed by atoms with Crippen LogP contribution in [0.2, 0.25) is 5.02 Å². The first-order chi connectivity index (χ1) is 9.24. The van der Waals surface area contributed by atoms with Crippen LogP contribution in [0, 0.1) is 11.3 Å². The van der Waals surface area contributed by atoms with E-state index in [1.54, 1.807) is 0 Å². The summed E-state index contributed by atoms with van der Waals surface area (Å²) in [5.74, 6) is 0.143. The van der Waals surface area contributed by atoms with Crippen molar-refractivity contribution in [2.24, 2.45) is 0 Å². The summed E-state index contributed by atoms with van der Waals surface area (Å²) in [6.07, 6.45) is 2.59. The molecule has 0 saturated carbocycles. The van der Waals surface area contributed by atoms with E-state index in [-0.39, 0.29) is 5.82 Å². The van der Waals surface area contributed by atoms with Gasteiger partial charge in [-0.3, -0.25) is 0 Å². The molecule has 0 aliphatic rings. The Morgan fingerprint density at radius 1 is 1.47 bits per heavy atom. The van der Waals surface area contributed by atoms with Crippen LogP contribution in [0.25, 0.3) is 5.69 Å². The number of benzene rings is 1. The highest BCUT2D eigenvalue weighted by molar-refractivity contribution is 6.31. The van der Waals surface area contributed by atoms with Crippen molar-refractivity contribution in [3.8, 4) is 11.8 Å². The monoisotopic (exact) mass is 275 g/mol. The van der Waals surface area contributed by atoms with Gasteiger partial charge in [-0.25, -0.2) is 9.67 Å². The zero-order chi connectivity index (χ0) is 13.7. The van der Waals surface area contributed by atoms with Gasteiger partial charge in [0.25, 0.3) is 5.82 Å². The van der Waals surface area contributed by atoms with E-state index in [2.05, 4.69) is 22.3 Å². The van der Waals surface area contributed by atoms with Gasteiger partial charge in [0.2, 0.25) is 0 Å². The Kier molecular flexibility index (Phi) is 4.50. The van der Waals surface area contributed by atoms with Gasteiger partial charge in [-0.05, 0) is 30.7 Å². The summed E-state index contributed by atoms with van der Waals surface area (Å²) in [6.45, 7) is 3.83. The van der Waals surface area contributed by atoms with Crippen molar-refractivity contribution in [2.75, 3.05) is 6.54 Å². The van der Waals surface area contributed by atoms with E-state index in [4.69, 9.17) is 16.9 Å². The number of nitrogens with one attached hydrogen (secondary N) is 1. The molecule has 0 aliphatic carbocycles. The lowest BCUT2D eigenvalue weighted by atomic mass is 10.2. The summed E-state index contributed by atoms with van der Waals surface area (Å²) in [6, 6.07) is 7.57. The van der Waals surface area contributed by atoms with Crippen LogP contribution in [0.15, 0.2) is 24.5 Å². The van der Waals surface area contributed by atoms with E-state index in [0.717, 1.165) is 30.8 Å². The third-order valence-corrected chi connectivity index (χ3v) is 2.99. The maximum atomic E-state index is 8.69. The van der Waals surface area contributed by atoms with Crippen molar-refractivity contribution < 1.29 is 0 Å². The smallest absolute Gasteiger partial charge is 0.252 e. The van der Waals surface area contributed by atoms with Crippen molar-refractivity contribution in [2.45, 2.75) is 19.9 Å². The van der Waals surface area contributed by atoms with Crippen molar-refractivity contribution >= 4 is 11.6 Å². The van der Waals surface area contributed by atoms with Crippen LogP contribution in [-0.4, -0.2) is 21.3 Å². The van der Waals surface area contributed by atoms with Gasteiger partial charge in [-0.2, -0.15) is 5.26 Å². The molecule has 0 amide bonds. The van der Waals surface area contributed by atoms with Gasteiger partial charge in [0.05, 0.1) is 5.69 Å². The number of rotatable bonds is 5. The summed E-state index contributed by atoms with van der Waals surface area (Å²) in [4.78, 5) is 3.86. The Morgan fingerprint density at radius 3 is 2.95 bits per heavy atom. The second kappa shape index (κ2) is 6.32. The SMILES string of the molecule is CCCNCc1ccc(-n2cnc(C#N)n2)cc1Cl. The molecule has 0 fully saturated rings. The average Bonchev–Trinajstić information content (AvgIpc) is 2.89. The largest absolute Gasteiger partial charge is 0.313 e. The minimum atomic E-state index is 0.143. The van der Waals surface area contributed by atoms with Crippen LogP contribution >= 0.6 is 11.6 Å². The summed E-state index contributed by atoms with van der Waals surface area (Å²) in [5, 5.41) is 16.7. The molecular weight excluding hydrogens is 262 g/mol. The quantitative estimate of drug-likeness (QED) is 0.850. The zero-order valence-electron chi connectivity index (χ0n) is 10.6. The topological polar surface area (TPSA) is 66.5 Å². The number of nitrogens with zero attached hydrogens (tertiary/aromatic N) is 4. The zero-order valence-corrected chi connectivity index (χ0v) is 11.4. The van der Waals surface area contributed by atoms with Crippen LogP contribution in [0.5, 0.6) is 0 Å². The van der Waals surface area contributed by atoms with Gasteiger partial charge in [-0.15, -0.1) is 5.10 Å². The van der Waals surface area contributed by atoms with Crippen LogP contribution in [-0.2, 0) is 6.54 Å². The fourth-order valence-corrected chi connectivity index (χ4v) is 1.90. The third-order valence-electron chi connectivity index (χ3n) is 2.64. The summed E-state index contributed by atoms with van der Waals surface area (Å²) < 4.78 is 1.54. The van der Waals surface area contributed by atoms with Gasteiger partial charge in [-0.1, -0.05) is 24.6 Å². The third kappa shape index (κ3) is 3.31. The van der Waals surface area contributed by atoms with E-state index < -0.39 is 0 Å². The molecule has 1 N–H and O–H groups in total. The lowest BCUT2D eigenvalue weighted by molar-refractivity contribution is 0.675. The van der Waals surface area contributed by atoms with Crippen LogP contribution < -0.4 is 5.32 Å². The molecule has 0 unspecified atom stereocenters. The van der Waals surface area contributed by atoms with Crippen LogP contribution in [0.1, 0.15) is 24.7 Å². The van der Waals surface area contributed by atoms with E-state index in [1.165, 1.54) is 11.0 Å². The molecule has 98 valence electrons. The minimum absolute atomic E-state index is 0.143. The predicted molar refractivity (Wildman–Crippen MR) is 73.1 cm³/mol. The molecule has 0 atom stereocenters. The lowest BCUT2D eigenvalue weighted by Gasteiger charge is -2.07. The molecule has 0 saturated heterocycles. The Bertz CT molecular complexity index is 599. The normalized spacial score (nSPS) is 10.4. The Morgan fingerprint density at radius 2 is 2.32 bits per heavy atom. The molecule has 19 heavy (non-hydrogen) atoms. The molecule has 1 aromatic carbocycles. The number of aromatic nitrogens is 3. The number of halogens is 1. The standard InChI is InChI=1S/C13H14ClN5/c1-2-5-16-8-10-3-4-11(6-12(10)14)19-9-17-13(7-15)18-19/h3-4,6,9,16H,2,5,8H2,1H3. The van der Waals surface area contributed by atoms with Gasteiger partial charge in [0, 0.05) is 11.6 Å². The van der Waals surface area contributed by atoms with Gasteiger partial charge >= 0.3 is 0 Å². The predicted octanol–water partition coefficient (Wildman–Crippen LogP) is 2.29. The highest BCUT2D eigenvalue weighted by atomic mass is 35.5. The van der Waals surface area contributed by atoms with Crippen molar-refractivity contribution in [3.05, 3.63) is 40.9 Å². The Labute approximate surface area is 116 Å². The number of hydrogen-bond donors (Lipinski definition) is 1. The summed E-state index contributed by atoms with van der Waals surface area (Å²) in [5.41, 5.74) is 1.83. The Balaban J connectivity index is 2.16. The van der Waals surface area contributed by atoms with Gasteiger partial charge < -0.3 is 5.32 Å². The fourth-order valence-electron chi connectivity index (χ4n) is 1.66. The summed E-state index contributed by atoms with van der Waals surface area (Å²) >= 11 is 6.23. The second-order valence-electron chi connectivity index (χ2n) is 4.08. The number of hydrogen-bond acceptors (Lipinski definition) is 4. The van der Waals surface area contributed by atoms with Gasteiger partial charge in [0.15, 0.2) is 0 Å². The van der Waals surface area contributed by atoms with E-state index >= 15 is 0 Å². The van der Waals surface area contributed by atoms with Crippen molar-refractivity contribution in [3.63, 3.8) is 0 Å². The molecule has 1 heterocycles. The molecule has 0 spiro atoms. The van der Waals surface area contributed by atoms with E-state index in [1.807, 2.05) is 24.3 Å². The maximum Gasteiger partial charge on any atom is 0.252 e. The molecular formula is C13H14ClN5. The van der Waals surface area contributed by atoms with Crippen molar-refractivity contribution in [1.29, 1.82) is 5.26 Å². The highest BCUT2D eigenvalue weighted by Crippen LogP contribution is 2.19. The number of nitriles is 1. The molecule has 5 nitrogen and oxygen atoms in total. The fraction of sp³-hybridized carbons (Fsp3) is 0.308. The molecule has 0 radical (unpaired) electrons. The van der Waals surface area contributed by atoms with Crippen molar-refractivity contribution in [1.82, 2.24) is 20.1 Å². The van der Waals surface area contributed by atoms with Gasteiger partial charge in [0.1, 0.15) is 12.4 Å². The van der Waals surface area contributed by atoms with Crippen LogP contribution in [0.4, 0.5) is 0 Å². The molecule has 2 aromatic rings. The molecule has 0 bridgehead atoms. The second-order valence-corrected chi connectivity index (χ2v) is 4.48. The first kappa shape index (κ1) is 13.5. The molecule has 6 heteroatoms. The van der Waals surface area contributed by atoms with E-state index in [9.17, 15) is 0 Å². The minimum Gasteiger partial charge on any atom is -0.313 e. The lowest BCUT2D eigenvalue weighted by Crippen LogP contribution is -2.14. The molecule has 0 aliphatic heterocycles. The van der Waals surface area contributed by atoms with Crippen LogP contribution in [0.3, 0.4) is 0 Å². The maximum absolute atomic E-state index is 8.69. The van der Waals surface area contributed by atoms with E-state index in [0.29, 0.717) is 5.02 Å². The Hall–Kier alpha value is -1.90. The summed E-state index contributed by atoms with van der Waals surface area (Å²) in [7, 11) is 0. The first-order valence-electron chi connectivity index (χ1n) is 6.06. The molecule has 2 rings (SSSR count).